The first-order chi connectivity index (χ1) is 5.79. The van der Waals surface area contributed by atoms with Crippen LogP contribution in [0.1, 0.15) is 19.3 Å². The van der Waals surface area contributed by atoms with E-state index in [2.05, 4.69) is 22.5 Å². The van der Waals surface area contributed by atoms with E-state index < -0.39 is 0 Å². The van der Waals surface area contributed by atoms with Gasteiger partial charge in [-0.3, -0.25) is 5.01 Å². The topological polar surface area (TPSA) is 27.6 Å². The van der Waals surface area contributed by atoms with Crippen LogP contribution in [0, 0.1) is 5.92 Å². The minimum absolute atomic E-state index is 0.673. The lowest BCUT2D eigenvalue weighted by atomic mass is 9.85. The summed E-state index contributed by atoms with van der Waals surface area (Å²) < 4.78 is 0. The van der Waals surface area contributed by atoms with Crippen LogP contribution >= 0.6 is 0 Å². The highest BCUT2D eigenvalue weighted by Gasteiger charge is 2.30. The molecular formula is C9H17N3. The van der Waals surface area contributed by atoms with Gasteiger partial charge in [0.1, 0.15) is 0 Å². The molecule has 1 saturated carbocycles. The summed E-state index contributed by atoms with van der Waals surface area (Å²) in [4.78, 5) is 0. The van der Waals surface area contributed by atoms with E-state index in [4.69, 9.17) is 0 Å². The van der Waals surface area contributed by atoms with Gasteiger partial charge in [0.2, 0.25) is 0 Å². The van der Waals surface area contributed by atoms with Crippen LogP contribution in [0.15, 0.2) is 5.10 Å². The number of rotatable bonds is 1. The summed E-state index contributed by atoms with van der Waals surface area (Å²) in [5.74, 6) is 0.764. The van der Waals surface area contributed by atoms with Gasteiger partial charge in [-0.25, -0.2) is 0 Å². The number of hydrazone groups is 1. The smallest absolute Gasteiger partial charge is 0.0445 e. The monoisotopic (exact) mass is 167 g/mol. The average Bonchev–Trinajstić information content (AvgIpc) is 2.43. The third-order valence-electron chi connectivity index (χ3n) is 2.98. The number of hydrogen-bond acceptors (Lipinski definition) is 3. The van der Waals surface area contributed by atoms with E-state index in [1.54, 1.807) is 0 Å². The maximum Gasteiger partial charge on any atom is 0.0445 e. The lowest BCUT2D eigenvalue weighted by Crippen LogP contribution is -2.35. The molecular weight excluding hydrogens is 150 g/mol. The third kappa shape index (κ3) is 1.33. The van der Waals surface area contributed by atoms with Gasteiger partial charge in [0.25, 0.3) is 0 Å². The predicted octanol–water partition coefficient (Wildman–Crippen LogP) is 0.676. The van der Waals surface area contributed by atoms with Gasteiger partial charge >= 0.3 is 0 Å². The summed E-state index contributed by atoms with van der Waals surface area (Å²) in [6, 6.07) is 0.673. The van der Waals surface area contributed by atoms with Gasteiger partial charge in [-0.2, -0.15) is 5.10 Å². The minimum atomic E-state index is 0.673. The minimum Gasteiger partial charge on any atom is -0.317 e. The normalized spacial score (nSPS) is 34.8. The number of fused-ring (bicyclic) bond motifs is 1. The zero-order chi connectivity index (χ0) is 8.55. The molecule has 2 atom stereocenters. The molecule has 0 spiro atoms. The molecule has 0 saturated heterocycles. The SMILES string of the molecule is CNC1CCC2CN(C)N=C2C1. The molecule has 2 rings (SSSR count). The molecule has 2 aliphatic rings. The van der Waals surface area contributed by atoms with Crippen molar-refractivity contribution in [2.45, 2.75) is 25.3 Å². The number of hydrogen-bond donors (Lipinski definition) is 1. The fourth-order valence-electron chi connectivity index (χ4n) is 2.23. The van der Waals surface area contributed by atoms with E-state index in [9.17, 15) is 0 Å². The first-order valence-corrected chi connectivity index (χ1v) is 4.75. The molecule has 3 heteroatoms. The lowest BCUT2D eigenvalue weighted by molar-refractivity contribution is 0.342. The van der Waals surface area contributed by atoms with Crippen molar-refractivity contribution in [1.82, 2.24) is 10.3 Å². The molecule has 0 aromatic carbocycles. The van der Waals surface area contributed by atoms with Gasteiger partial charge in [0.05, 0.1) is 0 Å². The van der Waals surface area contributed by atoms with Crippen LogP contribution < -0.4 is 5.32 Å². The Morgan fingerprint density at radius 1 is 1.50 bits per heavy atom. The predicted molar refractivity (Wildman–Crippen MR) is 50.3 cm³/mol. The fraction of sp³-hybridized carbons (Fsp3) is 0.889. The molecule has 0 aromatic heterocycles. The van der Waals surface area contributed by atoms with Gasteiger partial charge in [0, 0.05) is 37.7 Å². The second-order valence-electron chi connectivity index (χ2n) is 3.90. The van der Waals surface area contributed by atoms with Crippen molar-refractivity contribution >= 4 is 5.71 Å². The van der Waals surface area contributed by atoms with Crippen LogP contribution in [0.4, 0.5) is 0 Å². The van der Waals surface area contributed by atoms with Crippen molar-refractivity contribution in [3.05, 3.63) is 0 Å². The van der Waals surface area contributed by atoms with Gasteiger partial charge in [-0.05, 0) is 19.9 Å². The van der Waals surface area contributed by atoms with Gasteiger partial charge in [-0.1, -0.05) is 0 Å². The lowest BCUT2D eigenvalue weighted by Gasteiger charge is -2.25. The van der Waals surface area contributed by atoms with Crippen LogP contribution in [0.3, 0.4) is 0 Å². The molecule has 1 aliphatic heterocycles. The molecule has 0 amide bonds. The highest BCUT2D eigenvalue weighted by molar-refractivity contribution is 5.89. The Morgan fingerprint density at radius 2 is 2.33 bits per heavy atom. The molecule has 0 radical (unpaired) electrons. The van der Waals surface area contributed by atoms with Crippen LogP contribution in [-0.2, 0) is 0 Å². The molecule has 2 unspecified atom stereocenters. The van der Waals surface area contributed by atoms with Gasteiger partial charge < -0.3 is 5.32 Å². The third-order valence-corrected chi connectivity index (χ3v) is 2.98. The zero-order valence-corrected chi connectivity index (χ0v) is 7.88. The summed E-state index contributed by atoms with van der Waals surface area (Å²) in [5, 5.41) is 9.93. The number of nitrogens with one attached hydrogen (secondary N) is 1. The molecule has 1 aliphatic carbocycles. The Hall–Kier alpha value is -0.570. The standard InChI is InChI=1S/C9H17N3/c1-10-8-4-3-7-6-12(2)11-9(7)5-8/h7-8,10H,3-6H2,1-2H3. The second kappa shape index (κ2) is 3.05. The summed E-state index contributed by atoms with van der Waals surface area (Å²) in [6.07, 6.45) is 3.79. The summed E-state index contributed by atoms with van der Waals surface area (Å²) in [6.45, 7) is 1.14. The second-order valence-corrected chi connectivity index (χ2v) is 3.90. The molecule has 68 valence electrons. The van der Waals surface area contributed by atoms with E-state index in [0.717, 1.165) is 18.9 Å². The van der Waals surface area contributed by atoms with Crippen LogP contribution in [-0.4, -0.2) is 37.4 Å². The van der Waals surface area contributed by atoms with E-state index in [-0.39, 0.29) is 0 Å². The maximum atomic E-state index is 4.52. The van der Waals surface area contributed by atoms with Crippen LogP contribution in [0.5, 0.6) is 0 Å². The Kier molecular flexibility index (Phi) is 2.05. The Morgan fingerprint density at radius 3 is 3.08 bits per heavy atom. The quantitative estimate of drug-likeness (QED) is 0.622. The molecule has 12 heavy (non-hydrogen) atoms. The molecule has 1 N–H and O–H groups in total. The van der Waals surface area contributed by atoms with Crippen LogP contribution in [0.25, 0.3) is 0 Å². The first-order valence-electron chi connectivity index (χ1n) is 4.75. The molecule has 1 fully saturated rings. The fourth-order valence-corrected chi connectivity index (χ4v) is 2.23. The Bertz CT molecular complexity index is 200. The van der Waals surface area contributed by atoms with E-state index in [0.29, 0.717) is 6.04 Å². The Balaban J connectivity index is 2.03. The molecule has 0 aromatic rings. The van der Waals surface area contributed by atoms with Crippen molar-refractivity contribution in [3.8, 4) is 0 Å². The molecule has 1 heterocycles. The highest BCUT2D eigenvalue weighted by atomic mass is 15.5. The van der Waals surface area contributed by atoms with Crippen molar-refractivity contribution < 1.29 is 0 Å². The maximum absolute atomic E-state index is 4.52. The summed E-state index contributed by atoms with van der Waals surface area (Å²) >= 11 is 0. The van der Waals surface area contributed by atoms with E-state index in [1.165, 1.54) is 18.6 Å². The summed E-state index contributed by atoms with van der Waals surface area (Å²) in [5.41, 5.74) is 1.42. The van der Waals surface area contributed by atoms with Gasteiger partial charge in [-0.15, -0.1) is 0 Å². The average molecular weight is 167 g/mol. The van der Waals surface area contributed by atoms with E-state index in [1.807, 2.05) is 7.05 Å². The van der Waals surface area contributed by atoms with Crippen LogP contribution in [0.2, 0.25) is 0 Å². The van der Waals surface area contributed by atoms with Gasteiger partial charge in [0.15, 0.2) is 0 Å². The molecule has 0 bridgehead atoms. The van der Waals surface area contributed by atoms with E-state index >= 15 is 0 Å². The zero-order valence-electron chi connectivity index (χ0n) is 7.88. The Labute approximate surface area is 73.8 Å². The first kappa shape index (κ1) is 8.05. The van der Waals surface area contributed by atoms with Crippen molar-refractivity contribution in [3.63, 3.8) is 0 Å². The highest BCUT2D eigenvalue weighted by Crippen LogP contribution is 2.26. The summed E-state index contributed by atoms with van der Waals surface area (Å²) in [7, 11) is 4.12. The molecule has 3 nitrogen and oxygen atoms in total. The van der Waals surface area contributed by atoms with Crippen molar-refractivity contribution in [1.29, 1.82) is 0 Å². The van der Waals surface area contributed by atoms with Crippen molar-refractivity contribution in [2.75, 3.05) is 20.6 Å². The van der Waals surface area contributed by atoms with Crippen molar-refractivity contribution in [2.24, 2.45) is 11.0 Å². The number of nitrogens with zero attached hydrogens (tertiary/aromatic N) is 2. The largest absolute Gasteiger partial charge is 0.317 e.